The highest BCUT2D eigenvalue weighted by atomic mass is 127. The monoisotopic (exact) mass is 546 g/mol. The first-order chi connectivity index (χ1) is 14.4. The van der Waals surface area contributed by atoms with E-state index in [2.05, 4.69) is 39.9 Å². The summed E-state index contributed by atoms with van der Waals surface area (Å²) in [5.41, 5.74) is 2.43. The summed E-state index contributed by atoms with van der Waals surface area (Å²) in [6.45, 7) is 1.39. The van der Waals surface area contributed by atoms with Crippen LogP contribution in [0.25, 0.3) is 0 Å². The predicted octanol–water partition coefficient (Wildman–Crippen LogP) is 4.49. The lowest BCUT2D eigenvalue weighted by Crippen LogP contribution is -2.42. The molecule has 0 aromatic heterocycles. The Balaban J connectivity index is 0.00000341. The third-order valence-corrected chi connectivity index (χ3v) is 5.43. The molecule has 1 fully saturated rings. The van der Waals surface area contributed by atoms with Gasteiger partial charge < -0.3 is 10.6 Å². The van der Waals surface area contributed by atoms with E-state index >= 15 is 0 Å². The number of hydrogen-bond donors (Lipinski definition) is 2. The van der Waals surface area contributed by atoms with Crippen molar-refractivity contribution in [1.82, 2.24) is 15.5 Å². The average molecular weight is 546 g/mol. The molecule has 1 saturated heterocycles. The van der Waals surface area contributed by atoms with Gasteiger partial charge >= 0.3 is 6.18 Å². The maximum Gasteiger partial charge on any atom is 0.401 e. The summed E-state index contributed by atoms with van der Waals surface area (Å²) in [5, 5.41) is 6.67. The van der Waals surface area contributed by atoms with Crippen LogP contribution in [0.4, 0.5) is 13.2 Å². The van der Waals surface area contributed by atoms with Gasteiger partial charge in [0.05, 0.1) is 6.54 Å². The minimum absolute atomic E-state index is 0. The van der Waals surface area contributed by atoms with Gasteiger partial charge in [-0.15, -0.1) is 24.0 Å². The summed E-state index contributed by atoms with van der Waals surface area (Å²) >= 11 is 0. The van der Waals surface area contributed by atoms with E-state index in [1.807, 2.05) is 36.4 Å². The van der Waals surface area contributed by atoms with Crippen LogP contribution in [0.1, 0.15) is 23.5 Å². The fourth-order valence-electron chi connectivity index (χ4n) is 3.94. The zero-order chi connectivity index (χ0) is 21.4. The summed E-state index contributed by atoms with van der Waals surface area (Å²) in [6, 6.07) is 20.6. The number of nitrogens with one attached hydrogen (secondary N) is 2. The van der Waals surface area contributed by atoms with Gasteiger partial charge in [-0.25, -0.2) is 0 Å². The lowest BCUT2D eigenvalue weighted by atomic mass is 9.91. The molecule has 2 aromatic rings. The highest BCUT2D eigenvalue weighted by Crippen LogP contribution is 2.24. The van der Waals surface area contributed by atoms with Gasteiger partial charge in [-0.05, 0) is 30.0 Å². The zero-order valence-electron chi connectivity index (χ0n) is 17.6. The third-order valence-electron chi connectivity index (χ3n) is 5.43. The average Bonchev–Trinajstić information content (AvgIpc) is 3.17. The number of rotatable bonds is 7. The number of aliphatic imine (C=N–C) groups is 1. The Bertz CT molecular complexity index is 760. The van der Waals surface area contributed by atoms with Crippen molar-refractivity contribution in [3.05, 3.63) is 71.8 Å². The first-order valence-electron chi connectivity index (χ1n) is 10.3. The standard InChI is InChI=1S/C23H29F3N4.HI/c1-27-22(28-14-18-12-13-30(16-18)17-23(24,25)26)29-15-21(19-8-4-2-5-9-19)20-10-6-3-7-11-20;/h2-11,18,21H,12-17H2,1H3,(H2,27,28,29);1H. The molecule has 2 N–H and O–H groups in total. The number of halogens is 4. The van der Waals surface area contributed by atoms with Crippen LogP contribution in [0.2, 0.25) is 0 Å². The maximum absolute atomic E-state index is 12.6. The van der Waals surface area contributed by atoms with Gasteiger partial charge in [0.2, 0.25) is 0 Å². The van der Waals surface area contributed by atoms with E-state index in [0.29, 0.717) is 32.1 Å². The minimum atomic E-state index is -4.14. The van der Waals surface area contributed by atoms with Crippen molar-refractivity contribution in [2.24, 2.45) is 10.9 Å². The molecule has 0 saturated carbocycles. The second-order valence-electron chi connectivity index (χ2n) is 7.71. The molecule has 0 aliphatic carbocycles. The van der Waals surface area contributed by atoms with Crippen LogP contribution in [0.15, 0.2) is 65.7 Å². The fraction of sp³-hybridized carbons (Fsp3) is 0.435. The largest absolute Gasteiger partial charge is 0.401 e. The lowest BCUT2D eigenvalue weighted by molar-refractivity contribution is -0.143. The number of guanidine groups is 1. The second-order valence-corrected chi connectivity index (χ2v) is 7.71. The molecule has 1 atom stereocenters. The number of hydrogen-bond acceptors (Lipinski definition) is 2. The van der Waals surface area contributed by atoms with Crippen LogP contribution in [-0.2, 0) is 0 Å². The molecule has 4 nitrogen and oxygen atoms in total. The molecule has 3 rings (SSSR count). The van der Waals surface area contributed by atoms with E-state index in [1.165, 1.54) is 16.0 Å². The van der Waals surface area contributed by atoms with Crippen LogP contribution in [0.3, 0.4) is 0 Å². The summed E-state index contributed by atoms with van der Waals surface area (Å²) in [4.78, 5) is 5.76. The lowest BCUT2D eigenvalue weighted by Gasteiger charge is -2.22. The highest BCUT2D eigenvalue weighted by Gasteiger charge is 2.34. The van der Waals surface area contributed by atoms with E-state index in [0.717, 1.165) is 6.42 Å². The van der Waals surface area contributed by atoms with E-state index in [9.17, 15) is 13.2 Å². The van der Waals surface area contributed by atoms with Crippen molar-refractivity contribution in [2.45, 2.75) is 18.5 Å². The SMILES string of the molecule is CN=C(NCC1CCN(CC(F)(F)F)C1)NCC(c1ccccc1)c1ccccc1.I. The molecule has 8 heteroatoms. The number of alkyl halides is 3. The smallest absolute Gasteiger partial charge is 0.356 e. The number of likely N-dealkylation sites (tertiary alicyclic amines) is 1. The minimum Gasteiger partial charge on any atom is -0.356 e. The zero-order valence-corrected chi connectivity index (χ0v) is 19.9. The Morgan fingerprint density at radius 3 is 2.13 bits per heavy atom. The highest BCUT2D eigenvalue weighted by molar-refractivity contribution is 14.0. The first kappa shape index (κ1) is 25.5. The molecule has 31 heavy (non-hydrogen) atoms. The van der Waals surface area contributed by atoms with Gasteiger partial charge in [-0.3, -0.25) is 9.89 Å². The van der Waals surface area contributed by atoms with Gasteiger partial charge in [0.25, 0.3) is 0 Å². The number of nitrogens with zero attached hydrogens (tertiary/aromatic N) is 2. The van der Waals surface area contributed by atoms with Crippen LogP contribution in [-0.4, -0.2) is 56.8 Å². The Labute approximate surface area is 199 Å². The Kier molecular flexibility index (Phi) is 10.1. The van der Waals surface area contributed by atoms with E-state index in [1.54, 1.807) is 7.05 Å². The Hall–Kier alpha value is -1.81. The quantitative estimate of drug-likeness (QED) is 0.306. The normalized spacial score (nSPS) is 17.5. The molecular formula is C23H30F3IN4. The summed E-state index contributed by atoms with van der Waals surface area (Å²) in [7, 11) is 1.71. The predicted molar refractivity (Wildman–Crippen MR) is 130 cm³/mol. The summed E-state index contributed by atoms with van der Waals surface area (Å²) < 4.78 is 37.7. The van der Waals surface area contributed by atoms with Crippen molar-refractivity contribution in [1.29, 1.82) is 0 Å². The molecule has 170 valence electrons. The Morgan fingerprint density at radius 1 is 1.03 bits per heavy atom. The fourth-order valence-corrected chi connectivity index (χ4v) is 3.94. The summed E-state index contributed by atoms with van der Waals surface area (Å²) in [6.07, 6.45) is -3.37. The topological polar surface area (TPSA) is 39.7 Å². The molecule has 0 bridgehead atoms. The van der Waals surface area contributed by atoms with Gasteiger partial charge in [-0.2, -0.15) is 13.2 Å². The van der Waals surface area contributed by atoms with Crippen molar-refractivity contribution in [3.8, 4) is 0 Å². The van der Waals surface area contributed by atoms with Crippen molar-refractivity contribution in [2.75, 3.05) is 39.8 Å². The van der Waals surface area contributed by atoms with Gasteiger partial charge in [0.1, 0.15) is 0 Å². The maximum atomic E-state index is 12.6. The van der Waals surface area contributed by atoms with Gasteiger partial charge in [-0.1, -0.05) is 60.7 Å². The molecule has 2 aromatic carbocycles. The molecule has 0 spiro atoms. The molecular weight excluding hydrogens is 516 g/mol. The van der Waals surface area contributed by atoms with Gasteiger partial charge in [0.15, 0.2) is 5.96 Å². The molecule has 0 amide bonds. The van der Waals surface area contributed by atoms with E-state index in [-0.39, 0.29) is 35.8 Å². The molecule has 1 aliphatic heterocycles. The summed E-state index contributed by atoms with van der Waals surface area (Å²) in [5.74, 6) is 1.02. The van der Waals surface area contributed by atoms with E-state index in [4.69, 9.17) is 0 Å². The Morgan fingerprint density at radius 2 is 1.61 bits per heavy atom. The van der Waals surface area contributed by atoms with E-state index < -0.39 is 12.7 Å². The van der Waals surface area contributed by atoms with Crippen molar-refractivity contribution in [3.63, 3.8) is 0 Å². The third kappa shape index (κ3) is 8.33. The number of benzene rings is 2. The van der Waals surface area contributed by atoms with Crippen LogP contribution in [0.5, 0.6) is 0 Å². The first-order valence-corrected chi connectivity index (χ1v) is 10.3. The van der Waals surface area contributed by atoms with Gasteiger partial charge in [0, 0.05) is 32.6 Å². The second kappa shape index (κ2) is 12.3. The molecule has 0 radical (unpaired) electrons. The van der Waals surface area contributed by atoms with Crippen LogP contribution in [0, 0.1) is 5.92 Å². The van der Waals surface area contributed by atoms with Crippen molar-refractivity contribution >= 4 is 29.9 Å². The van der Waals surface area contributed by atoms with Crippen molar-refractivity contribution < 1.29 is 13.2 Å². The molecule has 1 aliphatic rings. The molecule has 1 heterocycles. The van der Waals surface area contributed by atoms with Crippen LogP contribution < -0.4 is 10.6 Å². The molecule has 1 unspecified atom stereocenters. The van der Waals surface area contributed by atoms with Crippen LogP contribution >= 0.6 is 24.0 Å².